The van der Waals surface area contributed by atoms with Crippen LogP contribution in [0.5, 0.6) is 0 Å². The summed E-state index contributed by atoms with van der Waals surface area (Å²) in [7, 11) is 0. The van der Waals surface area contributed by atoms with Gasteiger partial charge < -0.3 is 4.40 Å². The first-order valence-electron chi connectivity index (χ1n) is 12.4. The van der Waals surface area contributed by atoms with E-state index in [4.69, 9.17) is 0 Å². The molecule has 1 nitrogen and oxygen atoms in total. The summed E-state index contributed by atoms with van der Waals surface area (Å²) in [5.74, 6) is 0. The lowest BCUT2D eigenvalue weighted by atomic mass is 9.91. The van der Waals surface area contributed by atoms with E-state index in [2.05, 4.69) is 120 Å². The summed E-state index contributed by atoms with van der Waals surface area (Å²) in [6, 6.07) is 40.3. The molecule has 6 aromatic carbocycles. The molecule has 0 fully saturated rings. The van der Waals surface area contributed by atoms with Crippen molar-refractivity contribution in [1.29, 1.82) is 0 Å². The predicted molar refractivity (Wildman–Crippen MR) is 158 cm³/mol. The molecule has 9 rings (SSSR count). The van der Waals surface area contributed by atoms with Gasteiger partial charge in [0.25, 0.3) is 0 Å². The van der Waals surface area contributed by atoms with Gasteiger partial charge in [-0.25, -0.2) is 0 Å². The lowest BCUT2D eigenvalue weighted by Crippen LogP contribution is -1.92. The molecule has 0 amide bonds. The number of fused-ring (bicyclic) bond motifs is 16. The molecule has 0 spiro atoms. The summed E-state index contributed by atoms with van der Waals surface area (Å²) >= 11 is 1.90. The second-order valence-corrected chi connectivity index (χ2v) is 10.8. The van der Waals surface area contributed by atoms with Crippen LogP contribution in [0.4, 0.5) is 0 Å². The Morgan fingerprint density at radius 2 is 1.06 bits per heavy atom. The Balaban J connectivity index is 1.70. The SMILES string of the molecule is c1ccc2c(c1)cn1c3cc4c(cc3c3c5ccccc5c5ccccc5c3c21)sc1ccccc14. The third-order valence-electron chi connectivity index (χ3n) is 7.92. The summed E-state index contributed by atoms with van der Waals surface area (Å²) in [5, 5.41) is 14.6. The Hall–Kier alpha value is -4.40. The minimum atomic E-state index is 1.27. The van der Waals surface area contributed by atoms with Gasteiger partial charge in [0.2, 0.25) is 0 Å². The maximum atomic E-state index is 2.45. The van der Waals surface area contributed by atoms with Gasteiger partial charge in [-0.1, -0.05) is 91.0 Å². The van der Waals surface area contributed by atoms with Gasteiger partial charge in [0.15, 0.2) is 0 Å². The van der Waals surface area contributed by atoms with E-state index in [0.717, 1.165) is 0 Å². The minimum Gasteiger partial charge on any atom is -0.315 e. The van der Waals surface area contributed by atoms with Gasteiger partial charge in [-0.2, -0.15) is 0 Å². The molecule has 0 saturated carbocycles. The first-order valence-corrected chi connectivity index (χ1v) is 13.2. The Morgan fingerprint density at radius 3 is 1.83 bits per heavy atom. The molecular weight excluding hydrogens is 454 g/mol. The molecule has 0 unspecified atom stereocenters. The van der Waals surface area contributed by atoms with Crippen LogP contribution >= 0.6 is 11.3 Å². The van der Waals surface area contributed by atoms with Crippen molar-refractivity contribution in [3.63, 3.8) is 0 Å². The fraction of sp³-hybridized carbons (Fsp3) is 0. The van der Waals surface area contributed by atoms with Crippen LogP contribution in [0.25, 0.3) is 79.7 Å². The van der Waals surface area contributed by atoms with Gasteiger partial charge in [-0.15, -0.1) is 11.3 Å². The van der Waals surface area contributed by atoms with E-state index in [9.17, 15) is 0 Å². The third kappa shape index (κ3) is 2.26. The highest BCUT2D eigenvalue weighted by Gasteiger charge is 2.19. The smallest absolute Gasteiger partial charge is 0.0620 e. The van der Waals surface area contributed by atoms with E-state index in [-0.39, 0.29) is 0 Å². The Bertz CT molecular complexity index is 2370. The third-order valence-corrected chi connectivity index (χ3v) is 9.05. The second-order valence-electron chi connectivity index (χ2n) is 9.74. The van der Waals surface area contributed by atoms with Crippen molar-refractivity contribution < 1.29 is 0 Å². The molecular formula is C34H19NS. The molecule has 0 aliphatic carbocycles. The summed E-state index contributed by atoms with van der Waals surface area (Å²) in [6.07, 6.45) is 2.33. The molecule has 0 N–H and O–H groups in total. The number of rotatable bonds is 0. The zero-order chi connectivity index (χ0) is 23.4. The monoisotopic (exact) mass is 473 g/mol. The van der Waals surface area contributed by atoms with Gasteiger partial charge in [0, 0.05) is 53.3 Å². The lowest BCUT2D eigenvalue weighted by molar-refractivity contribution is 1.30. The molecule has 2 heteroatoms. The van der Waals surface area contributed by atoms with Crippen molar-refractivity contribution >= 4 is 91.0 Å². The van der Waals surface area contributed by atoms with Crippen LogP contribution in [-0.4, -0.2) is 4.40 Å². The first kappa shape index (κ1) is 18.9. The van der Waals surface area contributed by atoms with Gasteiger partial charge >= 0.3 is 0 Å². The number of aromatic nitrogens is 1. The molecule has 3 heterocycles. The highest BCUT2D eigenvalue weighted by atomic mass is 32.1. The molecule has 3 aromatic heterocycles. The number of benzene rings is 6. The van der Waals surface area contributed by atoms with Crippen molar-refractivity contribution in [2.24, 2.45) is 0 Å². The summed E-state index contributed by atoms with van der Waals surface area (Å²) in [4.78, 5) is 0. The highest BCUT2D eigenvalue weighted by molar-refractivity contribution is 7.25. The normalized spacial score (nSPS) is 12.4. The van der Waals surface area contributed by atoms with Crippen LogP contribution < -0.4 is 0 Å². The topological polar surface area (TPSA) is 4.41 Å². The Morgan fingerprint density at radius 1 is 0.444 bits per heavy atom. The largest absolute Gasteiger partial charge is 0.315 e. The van der Waals surface area contributed by atoms with Crippen molar-refractivity contribution in [2.45, 2.75) is 0 Å². The van der Waals surface area contributed by atoms with Crippen LogP contribution in [-0.2, 0) is 0 Å². The molecule has 166 valence electrons. The Kier molecular flexibility index (Phi) is 3.47. The summed E-state index contributed by atoms with van der Waals surface area (Å²) in [6.45, 7) is 0. The highest BCUT2D eigenvalue weighted by Crippen LogP contribution is 2.45. The average molecular weight is 474 g/mol. The number of pyridine rings is 1. The fourth-order valence-corrected chi connectivity index (χ4v) is 7.56. The van der Waals surface area contributed by atoms with Gasteiger partial charge in [0.1, 0.15) is 0 Å². The maximum Gasteiger partial charge on any atom is 0.0620 e. The number of hydrogen-bond donors (Lipinski definition) is 0. The zero-order valence-electron chi connectivity index (χ0n) is 19.3. The first-order chi connectivity index (χ1) is 17.9. The van der Waals surface area contributed by atoms with Crippen LogP contribution in [0.2, 0.25) is 0 Å². The lowest BCUT2D eigenvalue weighted by Gasteiger charge is -2.16. The minimum absolute atomic E-state index is 1.27. The van der Waals surface area contributed by atoms with E-state index < -0.39 is 0 Å². The molecule has 36 heavy (non-hydrogen) atoms. The second kappa shape index (κ2) is 6.63. The summed E-state index contributed by atoms with van der Waals surface area (Å²) in [5.41, 5.74) is 2.57. The van der Waals surface area contributed by atoms with E-state index in [1.807, 2.05) is 11.3 Å². The van der Waals surface area contributed by atoms with E-state index >= 15 is 0 Å². The van der Waals surface area contributed by atoms with Crippen molar-refractivity contribution in [3.8, 4) is 0 Å². The number of thiophene rings is 1. The number of nitrogens with zero attached hydrogens (tertiary/aromatic N) is 1. The maximum absolute atomic E-state index is 2.45. The number of hydrogen-bond acceptors (Lipinski definition) is 1. The van der Waals surface area contributed by atoms with Crippen LogP contribution in [0, 0.1) is 0 Å². The molecule has 0 atom stereocenters. The zero-order valence-corrected chi connectivity index (χ0v) is 20.1. The van der Waals surface area contributed by atoms with Crippen molar-refractivity contribution in [2.75, 3.05) is 0 Å². The molecule has 0 aliphatic heterocycles. The van der Waals surface area contributed by atoms with Crippen LogP contribution in [0.1, 0.15) is 0 Å². The Labute approximate surface area is 210 Å². The summed E-state index contributed by atoms with van der Waals surface area (Å²) < 4.78 is 5.14. The van der Waals surface area contributed by atoms with Crippen molar-refractivity contribution in [1.82, 2.24) is 4.40 Å². The standard InChI is InChI=1S/C34H19NS/c1-2-10-21-20(9-1)19-35-29-17-27-24-13-7-8-16-30(24)36-31(27)18-28(29)32-25-14-5-3-11-22(25)23-12-4-6-15-26(23)33(32)34(21)35/h1-19H. The van der Waals surface area contributed by atoms with E-state index in [0.29, 0.717) is 0 Å². The average Bonchev–Trinajstić information content (AvgIpc) is 3.50. The van der Waals surface area contributed by atoms with Gasteiger partial charge in [0.05, 0.1) is 11.0 Å². The quantitative estimate of drug-likeness (QED) is 0.193. The van der Waals surface area contributed by atoms with Crippen LogP contribution in [0.15, 0.2) is 115 Å². The predicted octanol–water partition coefficient (Wildman–Crippen LogP) is 10.1. The molecule has 9 aromatic rings. The molecule has 0 bridgehead atoms. The van der Waals surface area contributed by atoms with Gasteiger partial charge in [-0.3, -0.25) is 0 Å². The van der Waals surface area contributed by atoms with Gasteiger partial charge in [-0.05, 0) is 39.7 Å². The van der Waals surface area contributed by atoms with Crippen LogP contribution in [0.3, 0.4) is 0 Å². The molecule has 0 radical (unpaired) electrons. The molecule has 0 saturated heterocycles. The fourth-order valence-electron chi connectivity index (χ4n) is 6.43. The van der Waals surface area contributed by atoms with Crippen molar-refractivity contribution in [3.05, 3.63) is 115 Å². The molecule has 0 aliphatic rings. The van der Waals surface area contributed by atoms with E-state index in [1.54, 1.807) is 0 Å². The van der Waals surface area contributed by atoms with E-state index in [1.165, 1.54) is 79.7 Å².